The van der Waals surface area contributed by atoms with Gasteiger partial charge >= 0.3 is 10.1 Å². The number of aromatic hydroxyl groups is 1. The van der Waals surface area contributed by atoms with Gasteiger partial charge < -0.3 is 9.29 Å². The zero-order valence-corrected chi connectivity index (χ0v) is 11.9. The molecule has 102 valence electrons. The van der Waals surface area contributed by atoms with Crippen molar-refractivity contribution in [2.75, 3.05) is 5.75 Å². The first-order valence-corrected chi connectivity index (χ1v) is 7.58. The van der Waals surface area contributed by atoms with Crippen LogP contribution in [0, 0.1) is 13.8 Å². The maximum Gasteiger partial charge on any atom is 0.309 e. The van der Waals surface area contributed by atoms with Crippen LogP contribution in [0.3, 0.4) is 0 Å². The van der Waals surface area contributed by atoms with E-state index in [2.05, 4.69) is 0 Å². The Kier molecular flexibility index (Phi) is 3.41. The monoisotopic (exact) mass is 280 g/mol. The third kappa shape index (κ3) is 2.38. The highest BCUT2D eigenvalue weighted by Gasteiger charge is 2.19. The van der Waals surface area contributed by atoms with Crippen molar-refractivity contribution in [1.29, 1.82) is 0 Å². The van der Waals surface area contributed by atoms with Crippen LogP contribution in [-0.4, -0.2) is 19.3 Å². The predicted molar refractivity (Wildman–Crippen MR) is 75.2 cm³/mol. The largest absolute Gasteiger partial charge is 0.504 e. The number of aryl methyl sites for hydroxylation is 1. The zero-order valence-electron chi connectivity index (χ0n) is 11.1. The van der Waals surface area contributed by atoms with Crippen molar-refractivity contribution in [3.8, 4) is 11.5 Å². The van der Waals surface area contributed by atoms with Gasteiger partial charge in [0, 0.05) is 5.39 Å². The lowest BCUT2D eigenvalue weighted by molar-refractivity contribution is 0.428. The molecular weight excluding hydrogens is 264 g/mol. The minimum Gasteiger partial charge on any atom is -0.504 e. The van der Waals surface area contributed by atoms with E-state index in [9.17, 15) is 13.5 Å². The third-order valence-corrected chi connectivity index (χ3v) is 4.40. The molecule has 0 amide bonds. The number of hydrogen-bond acceptors (Lipinski definition) is 4. The number of rotatable bonds is 3. The van der Waals surface area contributed by atoms with Gasteiger partial charge in [0.15, 0.2) is 11.5 Å². The molecule has 0 radical (unpaired) electrons. The van der Waals surface area contributed by atoms with Gasteiger partial charge in [-0.15, -0.1) is 0 Å². The van der Waals surface area contributed by atoms with Crippen LogP contribution in [-0.2, 0) is 10.1 Å². The van der Waals surface area contributed by atoms with E-state index in [1.165, 1.54) is 6.92 Å². The van der Waals surface area contributed by atoms with Gasteiger partial charge in [0.2, 0.25) is 0 Å². The van der Waals surface area contributed by atoms with Gasteiger partial charge in [0.25, 0.3) is 0 Å². The molecule has 2 rings (SSSR count). The van der Waals surface area contributed by atoms with Gasteiger partial charge in [-0.1, -0.05) is 24.3 Å². The summed E-state index contributed by atoms with van der Waals surface area (Å²) in [5, 5.41) is 11.6. The van der Waals surface area contributed by atoms with E-state index in [1.54, 1.807) is 19.1 Å². The first kappa shape index (κ1) is 13.7. The number of phenols is 1. The Morgan fingerprint density at radius 2 is 1.68 bits per heavy atom. The molecule has 2 aromatic rings. The average Bonchev–Trinajstić information content (AvgIpc) is 2.41. The fraction of sp³-hybridized carbons (Fsp3) is 0.286. The van der Waals surface area contributed by atoms with Crippen LogP contribution in [0.2, 0.25) is 0 Å². The highest BCUT2D eigenvalue weighted by atomic mass is 32.2. The molecular formula is C14H16O4S. The van der Waals surface area contributed by atoms with Crippen molar-refractivity contribution >= 4 is 20.9 Å². The fourth-order valence-electron chi connectivity index (χ4n) is 1.96. The van der Waals surface area contributed by atoms with Crippen molar-refractivity contribution in [2.45, 2.75) is 20.8 Å². The molecule has 0 aliphatic carbocycles. The summed E-state index contributed by atoms with van der Waals surface area (Å²) in [6.07, 6.45) is 0. The smallest absolute Gasteiger partial charge is 0.309 e. The van der Waals surface area contributed by atoms with Crippen molar-refractivity contribution in [1.82, 2.24) is 0 Å². The first-order chi connectivity index (χ1) is 8.87. The molecule has 0 atom stereocenters. The van der Waals surface area contributed by atoms with Crippen molar-refractivity contribution in [3.05, 3.63) is 35.4 Å². The second-order valence-corrected chi connectivity index (χ2v) is 6.26. The van der Waals surface area contributed by atoms with E-state index in [1.807, 2.05) is 19.1 Å². The Labute approximate surface area is 112 Å². The van der Waals surface area contributed by atoms with E-state index < -0.39 is 10.1 Å². The van der Waals surface area contributed by atoms with Crippen molar-refractivity contribution in [3.63, 3.8) is 0 Å². The Hall–Kier alpha value is -1.75. The molecule has 2 aromatic carbocycles. The van der Waals surface area contributed by atoms with Crippen LogP contribution >= 0.6 is 0 Å². The number of phenolic OH excluding ortho intramolecular Hbond substituents is 1. The Balaban J connectivity index is 2.80. The molecule has 0 fully saturated rings. The third-order valence-electron chi connectivity index (χ3n) is 3.27. The van der Waals surface area contributed by atoms with E-state index in [0.29, 0.717) is 10.9 Å². The minimum absolute atomic E-state index is 0.0144. The van der Waals surface area contributed by atoms with Crippen LogP contribution in [0.15, 0.2) is 24.3 Å². The summed E-state index contributed by atoms with van der Waals surface area (Å²) in [5.74, 6) is -0.248. The normalized spacial score (nSPS) is 11.7. The van der Waals surface area contributed by atoms with Gasteiger partial charge in [-0.3, -0.25) is 0 Å². The molecule has 19 heavy (non-hydrogen) atoms. The summed E-state index contributed by atoms with van der Waals surface area (Å²) < 4.78 is 28.3. The second-order valence-electron chi connectivity index (χ2n) is 4.40. The van der Waals surface area contributed by atoms with Gasteiger partial charge in [0.1, 0.15) is 0 Å². The number of hydrogen-bond donors (Lipinski definition) is 1. The van der Waals surface area contributed by atoms with E-state index in [-0.39, 0.29) is 17.3 Å². The molecule has 5 heteroatoms. The average molecular weight is 280 g/mol. The topological polar surface area (TPSA) is 63.6 Å². The van der Waals surface area contributed by atoms with Crippen molar-refractivity contribution < 1.29 is 17.7 Å². The Morgan fingerprint density at radius 3 is 2.26 bits per heavy atom. The maximum atomic E-state index is 11.6. The molecule has 4 nitrogen and oxygen atoms in total. The van der Waals surface area contributed by atoms with Gasteiger partial charge in [0.05, 0.1) is 5.75 Å². The van der Waals surface area contributed by atoms with Crippen molar-refractivity contribution in [2.24, 2.45) is 0 Å². The fourth-order valence-corrected chi connectivity index (χ4v) is 2.50. The summed E-state index contributed by atoms with van der Waals surface area (Å²) in [4.78, 5) is 0. The van der Waals surface area contributed by atoms with Crippen LogP contribution in [0.1, 0.15) is 18.1 Å². The summed E-state index contributed by atoms with van der Waals surface area (Å²) in [6.45, 7) is 5.12. The molecule has 0 saturated heterocycles. The second kappa shape index (κ2) is 4.74. The quantitative estimate of drug-likeness (QED) is 0.878. The lowest BCUT2D eigenvalue weighted by Gasteiger charge is -2.15. The first-order valence-electron chi connectivity index (χ1n) is 6.00. The highest BCUT2D eigenvalue weighted by Crippen LogP contribution is 2.41. The molecule has 0 saturated carbocycles. The van der Waals surface area contributed by atoms with Crippen LogP contribution in [0.4, 0.5) is 0 Å². The molecule has 0 heterocycles. The maximum absolute atomic E-state index is 11.6. The highest BCUT2D eigenvalue weighted by molar-refractivity contribution is 7.87. The van der Waals surface area contributed by atoms with Gasteiger partial charge in [-0.25, -0.2) is 0 Å². The summed E-state index contributed by atoms with van der Waals surface area (Å²) in [6, 6.07) is 7.26. The standard InChI is InChI=1S/C14H16O4S/c1-4-19(16,17)18-14-12-8-6-5-7-11(12)9(2)10(3)13(14)15/h5-8,15H,4H2,1-3H3. The predicted octanol–water partition coefficient (Wildman–Crippen LogP) is 2.89. The Morgan fingerprint density at radius 1 is 1.11 bits per heavy atom. The SMILES string of the molecule is CCS(=O)(=O)Oc1c(O)c(C)c(C)c2ccccc12. The Bertz CT molecular complexity index is 733. The van der Waals surface area contributed by atoms with Gasteiger partial charge in [-0.2, -0.15) is 8.42 Å². The summed E-state index contributed by atoms with van der Waals surface area (Å²) in [5.41, 5.74) is 1.54. The zero-order chi connectivity index (χ0) is 14.2. The summed E-state index contributed by atoms with van der Waals surface area (Å²) in [7, 11) is -3.68. The lowest BCUT2D eigenvalue weighted by Crippen LogP contribution is -2.12. The molecule has 0 bridgehead atoms. The van der Waals surface area contributed by atoms with E-state index in [0.717, 1.165) is 10.9 Å². The molecule has 0 unspecified atom stereocenters. The van der Waals surface area contributed by atoms with Crippen LogP contribution in [0.5, 0.6) is 11.5 Å². The van der Waals surface area contributed by atoms with Crippen LogP contribution < -0.4 is 4.18 Å². The summed E-state index contributed by atoms with van der Waals surface area (Å²) >= 11 is 0. The minimum atomic E-state index is -3.68. The molecule has 0 aliphatic heterocycles. The molecule has 0 spiro atoms. The molecule has 1 N–H and O–H groups in total. The lowest BCUT2D eigenvalue weighted by atomic mass is 9.99. The van der Waals surface area contributed by atoms with E-state index >= 15 is 0 Å². The van der Waals surface area contributed by atoms with Gasteiger partial charge in [-0.05, 0) is 37.3 Å². The molecule has 0 aromatic heterocycles. The van der Waals surface area contributed by atoms with E-state index in [4.69, 9.17) is 4.18 Å². The number of benzene rings is 2. The van der Waals surface area contributed by atoms with Crippen LogP contribution in [0.25, 0.3) is 10.8 Å². The number of fused-ring (bicyclic) bond motifs is 1. The molecule has 0 aliphatic rings.